The molecule has 2 heterocycles. The van der Waals surface area contributed by atoms with E-state index in [0.717, 1.165) is 55.4 Å². The highest BCUT2D eigenvalue weighted by molar-refractivity contribution is 5.94. The number of halogens is 2. The van der Waals surface area contributed by atoms with Crippen molar-refractivity contribution in [3.8, 4) is 0 Å². The van der Waals surface area contributed by atoms with Crippen molar-refractivity contribution in [3.05, 3.63) is 77.6 Å². The molecule has 1 amide bonds. The van der Waals surface area contributed by atoms with Crippen molar-refractivity contribution < 1.29 is 13.6 Å². The zero-order chi connectivity index (χ0) is 23.9. The van der Waals surface area contributed by atoms with Crippen LogP contribution in [0.2, 0.25) is 0 Å². The van der Waals surface area contributed by atoms with E-state index in [0.29, 0.717) is 13.1 Å². The second kappa shape index (κ2) is 11.4. The summed E-state index contributed by atoms with van der Waals surface area (Å²) in [4.78, 5) is 22.0. The predicted molar refractivity (Wildman–Crippen MR) is 131 cm³/mol. The van der Waals surface area contributed by atoms with Crippen LogP contribution >= 0.6 is 0 Å². The SMILES string of the molecule is CCCCN(Cc1nc2ccccc2n1C/C=C/CN1CCCC1)C(=O)c1cccc(F)c1F. The predicted octanol–water partition coefficient (Wildman–Crippen LogP) is 5.41. The van der Waals surface area contributed by atoms with Crippen LogP contribution in [0.1, 0.15) is 48.8 Å². The molecule has 7 heteroatoms. The highest BCUT2D eigenvalue weighted by Gasteiger charge is 2.23. The number of likely N-dealkylation sites (tertiary alicyclic amines) is 1. The number of rotatable bonds is 10. The van der Waals surface area contributed by atoms with E-state index in [9.17, 15) is 13.6 Å². The molecule has 0 saturated carbocycles. The van der Waals surface area contributed by atoms with Gasteiger partial charge in [-0.3, -0.25) is 9.69 Å². The van der Waals surface area contributed by atoms with Gasteiger partial charge in [-0.25, -0.2) is 13.8 Å². The topological polar surface area (TPSA) is 41.4 Å². The van der Waals surface area contributed by atoms with Crippen LogP contribution in [0.15, 0.2) is 54.6 Å². The van der Waals surface area contributed by atoms with Gasteiger partial charge in [0.2, 0.25) is 0 Å². The van der Waals surface area contributed by atoms with Crippen LogP contribution in [-0.4, -0.2) is 51.4 Å². The number of allylic oxidation sites excluding steroid dienone is 1. The Balaban J connectivity index is 1.59. The zero-order valence-electron chi connectivity index (χ0n) is 19.7. The van der Waals surface area contributed by atoms with Crippen LogP contribution in [0.4, 0.5) is 8.78 Å². The van der Waals surface area contributed by atoms with E-state index >= 15 is 0 Å². The van der Waals surface area contributed by atoms with Crippen LogP contribution in [0.25, 0.3) is 11.0 Å². The number of benzene rings is 2. The molecule has 1 aliphatic rings. The second-order valence-corrected chi connectivity index (χ2v) is 8.79. The quantitative estimate of drug-likeness (QED) is 0.375. The third-order valence-electron chi connectivity index (χ3n) is 6.33. The Morgan fingerprint density at radius 1 is 1.06 bits per heavy atom. The van der Waals surface area contributed by atoms with Gasteiger partial charge in [-0.2, -0.15) is 0 Å². The Kier molecular flexibility index (Phi) is 8.06. The average molecular weight is 467 g/mol. The fourth-order valence-corrected chi connectivity index (χ4v) is 4.43. The summed E-state index contributed by atoms with van der Waals surface area (Å²) in [6.07, 6.45) is 8.49. The number of hydrogen-bond donors (Lipinski definition) is 0. The highest BCUT2D eigenvalue weighted by Crippen LogP contribution is 2.20. The van der Waals surface area contributed by atoms with Gasteiger partial charge in [0.1, 0.15) is 5.82 Å². The molecule has 5 nitrogen and oxygen atoms in total. The largest absolute Gasteiger partial charge is 0.331 e. The molecule has 4 rings (SSSR count). The molecule has 34 heavy (non-hydrogen) atoms. The molecule has 1 saturated heterocycles. The number of carbonyl (C=O) groups excluding carboxylic acids is 1. The first-order chi connectivity index (χ1) is 16.6. The van der Waals surface area contributed by atoms with Gasteiger partial charge in [-0.1, -0.05) is 43.7 Å². The number of aromatic nitrogens is 2. The van der Waals surface area contributed by atoms with E-state index < -0.39 is 17.5 Å². The maximum atomic E-state index is 14.4. The van der Waals surface area contributed by atoms with E-state index in [1.54, 1.807) is 4.90 Å². The monoisotopic (exact) mass is 466 g/mol. The number of fused-ring (bicyclic) bond motifs is 1. The van der Waals surface area contributed by atoms with Crippen molar-refractivity contribution in [2.24, 2.45) is 0 Å². The molecule has 0 bridgehead atoms. The van der Waals surface area contributed by atoms with Gasteiger partial charge in [-0.05, 0) is 56.6 Å². The molecular formula is C27H32F2N4O. The molecule has 3 aromatic rings. The van der Waals surface area contributed by atoms with E-state index in [1.807, 2.05) is 31.2 Å². The van der Waals surface area contributed by atoms with Crippen LogP contribution in [0, 0.1) is 11.6 Å². The van der Waals surface area contributed by atoms with E-state index in [4.69, 9.17) is 4.98 Å². The minimum atomic E-state index is -1.10. The van der Waals surface area contributed by atoms with E-state index in [-0.39, 0.29) is 12.1 Å². The third kappa shape index (κ3) is 5.53. The number of imidazole rings is 1. The Morgan fingerprint density at radius 2 is 1.82 bits per heavy atom. The number of unbranched alkanes of at least 4 members (excludes halogenated alkanes) is 1. The molecule has 1 aromatic heterocycles. The fraction of sp³-hybridized carbons (Fsp3) is 0.407. The summed E-state index contributed by atoms with van der Waals surface area (Å²) in [5.74, 6) is -1.91. The lowest BCUT2D eigenvalue weighted by atomic mass is 10.1. The first-order valence-electron chi connectivity index (χ1n) is 12.1. The van der Waals surface area contributed by atoms with Crippen molar-refractivity contribution in [2.75, 3.05) is 26.2 Å². The average Bonchev–Trinajstić information content (AvgIpc) is 3.48. The minimum absolute atomic E-state index is 0.226. The lowest BCUT2D eigenvalue weighted by Gasteiger charge is -2.23. The second-order valence-electron chi connectivity index (χ2n) is 8.79. The van der Waals surface area contributed by atoms with Crippen molar-refractivity contribution in [2.45, 2.75) is 45.7 Å². The standard InChI is InChI=1S/C27H32F2N4O/c1-2-3-18-32(27(34)21-11-10-12-22(28)26(21)29)20-25-30-23-13-4-5-14-24(23)33(25)19-9-8-17-31-15-6-7-16-31/h4-5,8-14H,2-3,6-7,15-20H2,1H3/b9-8+. The maximum Gasteiger partial charge on any atom is 0.257 e. The van der Waals surface area contributed by atoms with Gasteiger partial charge >= 0.3 is 0 Å². The molecular weight excluding hydrogens is 434 g/mol. The normalized spacial score (nSPS) is 14.4. The number of nitrogens with zero attached hydrogens (tertiary/aromatic N) is 4. The molecule has 0 radical (unpaired) electrons. The summed E-state index contributed by atoms with van der Waals surface area (Å²) >= 11 is 0. The molecule has 0 atom stereocenters. The summed E-state index contributed by atoms with van der Waals surface area (Å²) in [6, 6.07) is 11.6. The number of para-hydroxylation sites is 2. The Hall–Kier alpha value is -3.06. The zero-order valence-corrected chi connectivity index (χ0v) is 19.7. The van der Waals surface area contributed by atoms with Gasteiger partial charge in [0.05, 0.1) is 23.1 Å². The van der Waals surface area contributed by atoms with Crippen LogP contribution < -0.4 is 0 Å². The van der Waals surface area contributed by atoms with Gasteiger partial charge < -0.3 is 9.47 Å². The molecule has 0 N–H and O–H groups in total. The third-order valence-corrected chi connectivity index (χ3v) is 6.33. The van der Waals surface area contributed by atoms with Gasteiger partial charge in [0.25, 0.3) is 5.91 Å². The fourth-order valence-electron chi connectivity index (χ4n) is 4.43. The van der Waals surface area contributed by atoms with E-state index in [2.05, 4.69) is 21.6 Å². The molecule has 0 unspecified atom stereocenters. The van der Waals surface area contributed by atoms with Gasteiger partial charge in [0, 0.05) is 19.6 Å². The molecule has 2 aromatic carbocycles. The van der Waals surface area contributed by atoms with Crippen molar-refractivity contribution >= 4 is 16.9 Å². The smallest absolute Gasteiger partial charge is 0.257 e. The van der Waals surface area contributed by atoms with Crippen molar-refractivity contribution in [1.82, 2.24) is 19.4 Å². The maximum absolute atomic E-state index is 14.4. The van der Waals surface area contributed by atoms with Crippen LogP contribution in [0.5, 0.6) is 0 Å². The number of amides is 1. The lowest BCUT2D eigenvalue weighted by molar-refractivity contribution is 0.0729. The molecule has 0 aliphatic carbocycles. The van der Waals surface area contributed by atoms with Gasteiger partial charge in [-0.15, -0.1) is 0 Å². The Bertz CT molecular complexity index is 1150. The van der Waals surface area contributed by atoms with Crippen LogP contribution in [-0.2, 0) is 13.1 Å². The van der Waals surface area contributed by atoms with Crippen molar-refractivity contribution in [1.29, 1.82) is 0 Å². The first-order valence-corrected chi connectivity index (χ1v) is 12.1. The Morgan fingerprint density at radius 3 is 2.62 bits per heavy atom. The molecule has 1 fully saturated rings. The Labute approximate surface area is 199 Å². The summed E-state index contributed by atoms with van der Waals surface area (Å²) in [7, 11) is 0. The number of hydrogen-bond acceptors (Lipinski definition) is 3. The summed E-state index contributed by atoms with van der Waals surface area (Å²) in [5, 5.41) is 0. The first kappa shape index (κ1) is 24.1. The summed E-state index contributed by atoms with van der Waals surface area (Å²) < 4.78 is 30.3. The number of carbonyl (C=O) groups is 1. The van der Waals surface area contributed by atoms with Crippen molar-refractivity contribution in [3.63, 3.8) is 0 Å². The van der Waals surface area contributed by atoms with E-state index in [1.165, 1.54) is 25.0 Å². The summed E-state index contributed by atoms with van der Waals surface area (Å²) in [5.41, 5.74) is 1.60. The highest BCUT2D eigenvalue weighted by atomic mass is 19.2. The van der Waals surface area contributed by atoms with Crippen LogP contribution in [0.3, 0.4) is 0 Å². The van der Waals surface area contributed by atoms with Gasteiger partial charge in [0.15, 0.2) is 11.6 Å². The molecule has 1 aliphatic heterocycles. The molecule has 0 spiro atoms. The lowest BCUT2D eigenvalue weighted by Crippen LogP contribution is -2.33. The minimum Gasteiger partial charge on any atom is -0.331 e. The summed E-state index contributed by atoms with van der Waals surface area (Å²) in [6.45, 7) is 6.56. The molecule has 180 valence electrons.